The molecule has 1 aliphatic carbocycles. The lowest BCUT2D eigenvalue weighted by Gasteiger charge is -2.32. The second kappa shape index (κ2) is 5.50. The fourth-order valence-electron chi connectivity index (χ4n) is 2.29. The fourth-order valence-corrected chi connectivity index (χ4v) is 2.29. The van der Waals surface area contributed by atoms with Gasteiger partial charge in [-0.1, -0.05) is 12.5 Å². The van der Waals surface area contributed by atoms with Crippen LogP contribution in [0.4, 0.5) is 5.82 Å². The van der Waals surface area contributed by atoms with Gasteiger partial charge in [0.15, 0.2) is 0 Å². The molecule has 3 nitrogen and oxygen atoms in total. The van der Waals surface area contributed by atoms with Crippen molar-refractivity contribution in [2.45, 2.75) is 39.7 Å². The number of anilines is 1. The van der Waals surface area contributed by atoms with Crippen LogP contribution in [0.3, 0.4) is 0 Å². The molecule has 1 aromatic heterocycles. The van der Waals surface area contributed by atoms with Crippen LogP contribution in [0.25, 0.3) is 0 Å². The Labute approximate surface area is 103 Å². The third kappa shape index (κ3) is 2.78. The molecule has 0 spiro atoms. The van der Waals surface area contributed by atoms with Gasteiger partial charge in [-0.25, -0.2) is 4.98 Å². The van der Waals surface area contributed by atoms with Crippen LogP contribution in [0.1, 0.15) is 37.4 Å². The first-order valence-corrected chi connectivity index (χ1v) is 6.57. The molecule has 1 aromatic rings. The van der Waals surface area contributed by atoms with E-state index in [9.17, 15) is 0 Å². The first-order chi connectivity index (χ1) is 8.24. The molecule has 0 atom stereocenters. The summed E-state index contributed by atoms with van der Waals surface area (Å²) in [4.78, 5) is 6.94. The highest BCUT2D eigenvalue weighted by Gasteiger charge is 2.20. The predicted molar refractivity (Wildman–Crippen MR) is 70.1 cm³/mol. The van der Waals surface area contributed by atoms with Gasteiger partial charge in [-0.15, -0.1) is 0 Å². The highest BCUT2D eigenvalue weighted by molar-refractivity contribution is 5.41. The Balaban J connectivity index is 2.09. The van der Waals surface area contributed by atoms with Crippen LogP contribution in [0.2, 0.25) is 0 Å². The molecule has 0 saturated heterocycles. The summed E-state index contributed by atoms with van der Waals surface area (Å²) in [6, 6.07) is 4.02. The predicted octanol–water partition coefficient (Wildman–Crippen LogP) is 2.51. The Morgan fingerprint density at radius 3 is 2.65 bits per heavy atom. The molecule has 0 aromatic carbocycles. The van der Waals surface area contributed by atoms with Crippen LogP contribution in [0.5, 0.6) is 0 Å². The number of pyridine rings is 1. The number of aromatic nitrogens is 1. The molecule has 1 saturated carbocycles. The third-order valence-corrected chi connectivity index (χ3v) is 3.76. The number of aliphatic hydroxyl groups is 1. The topological polar surface area (TPSA) is 36.4 Å². The summed E-state index contributed by atoms with van der Waals surface area (Å²) in [6.07, 6.45) is 4.12. The van der Waals surface area contributed by atoms with Crippen molar-refractivity contribution in [3.63, 3.8) is 0 Å². The van der Waals surface area contributed by atoms with Crippen LogP contribution in [0, 0.1) is 12.8 Å². The van der Waals surface area contributed by atoms with Crippen molar-refractivity contribution in [2.75, 3.05) is 18.0 Å². The molecule has 1 aliphatic rings. The van der Waals surface area contributed by atoms with Crippen molar-refractivity contribution in [1.29, 1.82) is 0 Å². The number of aliphatic hydroxyl groups excluding tert-OH is 1. The van der Waals surface area contributed by atoms with Crippen LogP contribution in [0.15, 0.2) is 12.1 Å². The van der Waals surface area contributed by atoms with Crippen molar-refractivity contribution in [3.05, 3.63) is 23.4 Å². The van der Waals surface area contributed by atoms with E-state index in [4.69, 9.17) is 5.11 Å². The molecule has 94 valence electrons. The molecule has 0 bridgehead atoms. The smallest absolute Gasteiger partial charge is 0.128 e. The van der Waals surface area contributed by atoms with E-state index in [1.165, 1.54) is 19.3 Å². The SMILES string of the molecule is CCN(CC1CCC1)c1ccc(CO)c(C)n1. The lowest BCUT2D eigenvalue weighted by molar-refractivity contribution is 0.280. The number of hydrogen-bond donors (Lipinski definition) is 1. The number of aryl methyl sites for hydroxylation is 1. The van der Waals surface area contributed by atoms with E-state index in [-0.39, 0.29) is 6.61 Å². The number of rotatable bonds is 5. The zero-order valence-corrected chi connectivity index (χ0v) is 10.8. The van der Waals surface area contributed by atoms with Crippen molar-refractivity contribution in [1.82, 2.24) is 4.98 Å². The van der Waals surface area contributed by atoms with Gasteiger partial charge in [-0.05, 0) is 44.2 Å². The quantitative estimate of drug-likeness (QED) is 0.850. The monoisotopic (exact) mass is 234 g/mol. The zero-order chi connectivity index (χ0) is 12.3. The van der Waals surface area contributed by atoms with Gasteiger partial charge in [-0.2, -0.15) is 0 Å². The molecular weight excluding hydrogens is 212 g/mol. The van der Waals surface area contributed by atoms with Crippen molar-refractivity contribution < 1.29 is 5.11 Å². The van der Waals surface area contributed by atoms with Gasteiger partial charge < -0.3 is 10.0 Å². The van der Waals surface area contributed by atoms with Crippen LogP contribution in [-0.4, -0.2) is 23.2 Å². The molecule has 1 fully saturated rings. The number of hydrogen-bond acceptors (Lipinski definition) is 3. The largest absolute Gasteiger partial charge is 0.392 e. The van der Waals surface area contributed by atoms with Crippen molar-refractivity contribution >= 4 is 5.82 Å². The van der Waals surface area contributed by atoms with E-state index in [1.54, 1.807) is 0 Å². The highest BCUT2D eigenvalue weighted by atomic mass is 16.3. The Hall–Kier alpha value is -1.09. The second-order valence-electron chi connectivity index (χ2n) is 4.91. The maximum absolute atomic E-state index is 9.14. The number of nitrogens with zero attached hydrogens (tertiary/aromatic N) is 2. The minimum absolute atomic E-state index is 0.0772. The average Bonchev–Trinajstić information content (AvgIpc) is 2.28. The van der Waals surface area contributed by atoms with Crippen molar-refractivity contribution in [2.24, 2.45) is 5.92 Å². The van der Waals surface area contributed by atoms with Gasteiger partial charge in [0, 0.05) is 18.8 Å². The Bertz CT molecular complexity index is 374. The maximum Gasteiger partial charge on any atom is 0.128 e. The Kier molecular flexibility index (Phi) is 4.00. The van der Waals surface area contributed by atoms with E-state index in [2.05, 4.69) is 16.8 Å². The summed E-state index contributed by atoms with van der Waals surface area (Å²) in [5.41, 5.74) is 1.87. The molecule has 0 aliphatic heterocycles. The van der Waals surface area contributed by atoms with E-state index in [0.29, 0.717) is 0 Å². The van der Waals surface area contributed by atoms with Crippen LogP contribution < -0.4 is 4.90 Å². The standard InChI is InChI=1S/C14H22N2O/c1-3-16(9-12-5-4-6-12)14-8-7-13(10-17)11(2)15-14/h7-8,12,17H,3-6,9-10H2,1-2H3. The van der Waals surface area contributed by atoms with Crippen LogP contribution in [-0.2, 0) is 6.61 Å². The molecule has 1 heterocycles. The van der Waals surface area contributed by atoms with Crippen LogP contribution >= 0.6 is 0 Å². The molecule has 1 N–H and O–H groups in total. The van der Waals surface area contributed by atoms with Gasteiger partial charge >= 0.3 is 0 Å². The first-order valence-electron chi connectivity index (χ1n) is 6.57. The van der Waals surface area contributed by atoms with Gasteiger partial charge in [-0.3, -0.25) is 0 Å². The Morgan fingerprint density at radius 2 is 2.18 bits per heavy atom. The molecule has 2 rings (SSSR count). The summed E-state index contributed by atoms with van der Waals surface area (Å²) in [7, 11) is 0. The minimum Gasteiger partial charge on any atom is -0.392 e. The van der Waals surface area contributed by atoms with Gasteiger partial charge in [0.05, 0.1) is 6.61 Å². The summed E-state index contributed by atoms with van der Waals surface area (Å²) in [6.45, 7) is 6.35. The highest BCUT2D eigenvalue weighted by Crippen LogP contribution is 2.28. The molecule has 0 amide bonds. The van der Waals surface area contributed by atoms with Gasteiger partial charge in [0.25, 0.3) is 0 Å². The molecular formula is C14H22N2O. The lowest BCUT2D eigenvalue weighted by Crippen LogP contribution is -2.33. The molecule has 0 unspecified atom stereocenters. The summed E-state index contributed by atoms with van der Waals surface area (Å²) in [5.74, 6) is 1.91. The summed E-state index contributed by atoms with van der Waals surface area (Å²) < 4.78 is 0. The normalized spacial score (nSPS) is 15.7. The summed E-state index contributed by atoms with van der Waals surface area (Å²) >= 11 is 0. The third-order valence-electron chi connectivity index (χ3n) is 3.76. The fraction of sp³-hybridized carbons (Fsp3) is 0.643. The minimum atomic E-state index is 0.0772. The van der Waals surface area contributed by atoms with E-state index >= 15 is 0 Å². The Morgan fingerprint density at radius 1 is 1.41 bits per heavy atom. The maximum atomic E-state index is 9.14. The molecule has 0 radical (unpaired) electrons. The van der Waals surface area contributed by atoms with E-state index in [0.717, 1.165) is 36.1 Å². The van der Waals surface area contributed by atoms with E-state index < -0.39 is 0 Å². The van der Waals surface area contributed by atoms with Gasteiger partial charge in [0.1, 0.15) is 5.82 Å². The average molecular weight is 234 g/mol. The molecule has 17 heavy (non-hydrogen) atoms. The first kappa shape index (κ1) is 12.4. The lowest BCUT2D eigenvalue weighted by atomic mass is 9.85. The van der Waals surface area contributed by atoms with Gasteiger partial charge in [0.2, 0.25) is 0 Å². The zero-order valence-electron chi connectivity index (χ0n) is 10.8. The van der Waals surface area contributed by atoms with Crippen molar-refractivity contribution in [3.8, 4) is 0 Å². The summed E-state index contributed by atoms with van der Waals surface area (Å²) in [5, 5.41) is 9.14. The second-order valence-corrected chi connectivity index (χ2v) is 4.91. The molecule has 3 heteroatoms. The van der Waals surface area contributed by atoms with E-state index in [1.807, 2.05) is 19.1 Å².